The van der Waals surface area contributed by atoms with Gasteiger partial charge in [-0.05, 0) is 43.7 Å². The summed E-state index contributed by atoms with van der Waals surface area (Å²) in [6.45, 7) is 3.96. The van der Waals surface area contributed by atoms with E-state index in [1.807, 2.05) is 19.1 Å². The van der Waals surface area contributed by atoms with Gasteiger partial charge in [-0.25, -0.2) is 0 Å². The van der Waals surface area contributed by atoms with E-state index in [9.17, 15) is 4.79 Å². The van der Waals surface area contributed by atoms with Crippen LogP contribution in [0.25, 0.3) is 0 Å². The van der Waals surface area contributed by atoms with Crippen molar-refractivity contribution >= 4 is 18.3 Å². The number of carbonyl (C=O) groups is 1. The van der Waals surface area contributed by atoms with E-state index in [-0.39, 0.29) is 30.4 Å². The van der Waals surface area contributed by atoms with E-state index in [4.69, 9.17) is 5.73 Å². The largest absolute Gasteiger partial charge is 0.349 e. The second-order valence-electron chi connectivity index (χ2n) is 5.42. The van der Waals surface area contributed by atoms with Crippen LogP contribution in [0.5, 0.6) is 0 Å². The Morgan fingerprint density at radius 1 is 1.42 bits per heavy atom. The van der Waals surface area contributed by atoms with Gasteiger partial charge >= 0.3 is 0 Å². The SMILES string of the molecule is Cc1ccccc1C(NC(=O)CC(C)N)C1CC1.Cl. The topological polar surface area (TPSA) is 55.1 Å². The first kappa shape index (κ1) is 16.0. The number of rotatable bonds is 5. The first-order chi connectivity index (χ1) is 8.58. The molecule has 19 heavy (non-hydrogen) atoms. The Morgan fingerprint density at radius 2 is 2.05 bits per heavy atom. The summed E-state index contributed by atoms with van der Waals surface area (Å²) in [5.74, 6) is 0.660. The Bertz CT molecular complexity index is 430. The van der Waals surface area contributed by atoms with Crippen molar-refractivity contribution in [3.05, 3.63) is 35.4 Å². The molecule has 0 radical (unpaired) electrons. The number of aryl methyl sites for hydroxylation is 1. The highest BCUT2D eigenvalue weighted by Gasteiger charge is 2.34. The van der Waals surface area contributed by atoms with Gasteiger partial charge < -0.3 is 11.1 Å². The molecule has 2 rings (SSSR count). The van der Waals surface area contributed by atoms with E-state index in [0.717, 1.165) is 0 Å². The first-order valence-electron chi connectivity index (χ1n) is 6.68. The van der Waals surface area contributed by atoms with Crippen molar-refractivity contribution in [3.8, 4) is 0 Å². The summed E-state index contributed by atoms with van der Waals surface area (Å²) in [7, 11) is 0. The van der Waals surface area contributed by atoms with Gasteiger partial charge in [0.15, 0.2) is 0 Å². The Balaban J connectivity index is 0.00000180. The zero-order valence-electron chi connectivity index (χ0n) is 11.6. The van der Waals surface area contributed by atoms with Gasteiger partial charge in [0, 0.05) is 12.5 Å². The van der Waals surface area contributed by atoms with Crippen molar-refractivity contribution in [3.63, 3.8) is 0 Å². The predicted octanol–water partition coefficient (Wildman–Crippen LogP) is 2.72. The van der Waals surface area contributed by atoms with Crippen LogP contribution < -0.4 is 11.1 Å². The number of halogens is 1. The van der Waals surface area contributed by atoms with E-state index in [0.29, 0.717) is 12.3 Å². The minimum atomic E-state index is -0.0817. The highest BCUT2D eigenvalue weighted by Crippen LogP contribution is 2.41. The molecule has 0 saturated heterocycles. The summed E-state index contributed by atoms with van der Waals surface area (Å²) in [6, 6.07) is 8.37. The van der Waals surface area contributed by atoms with Gasteiger partial charge in [-0.1, -0.05) is 24.3 Å². The maximum Gasteiger partial charge on any atom is 0.222 e. The van der Waals surface area contributed by atoms with E-state index in [1.54, 1.807) is 0 Å². The number of hydrogen-bond donors (Lipinski definition) is 2. The Hall–Kier alpha value is -1.06. The Labute approximate surface area is 121 Å². The molecule has 0 spiro atoms. The maximum absolute atomic E-state index is 11.9. The zero-order valence-corrected chi connectivity index (χ0v) is 12.4. The van der Waals surface area contributed by atoms with Crippen molar-refractivity contribution < 1.29 is 4.79 Å². The molecule has 0 bridgehead atoms. The van der Waals surface area contributed by atoms with Gasteiger partial charge in [0.1, 0.15) is 0 Å². The molecule has 1 fully saturated rings. The molecule has 1 aromatic carbocycles. The summed E-state index contributed by atoms with van der Waals surface area (Å²) < 4.78 is 0. The highest BCUT2D eigenvalue weighted by molar-refractivity contribution is 5.85. The van der Waals surface area contributed by atoms with Crippen LogP contribution in [0, 0.1) is 12.8 Å². The molecule has 2 atom stereocenters. The van der Waals surface area contributed by atoms with Crippen LogP contribution in [-0.4, -0.2) is 11.9 Å². The third-order valence-corrected chi connectivity index (χ3v) is 3.44. The smallest absolute Gasteiger partial charge is 0.222 e. The molecule has 0 heterocycles. The molecule has 106 valence electrons. The van der Waals surface area contributed by atoms with Gasteiger partial charge in [0.05, 0.1) is 6.04 Å². The van der Waals surface area contributed by atoms with Gasteiger partial charge in [0.2, 0.25) is 5.91 Å². The van der Waals surface area contributed by atoms with Crippen LogP contribution in [0.15, 0.2) is 24.3 Å². The second-order valence-corrected chi connectivity index (χ2v) is 5.42. The van der Waals surface area contributed by atoms with Crippen molar-refractivity contribution in [2.45, 2.75) is 45.2 Å². The average molecular weight is 283 g/mol. The fraction of sp³-hybridized carbons (Fsp3) is 0.533. The summed E-state index contributed by atoms with van der Waals surface area (Å²) in [5, 5.41) is 3.15. The lowest BCUT2D eigenvalue weighted by molar-refractivity contribution is -0.122. The second kappa shape index (κ2) is 6.92. The van der Waals surface area contributed by atoms with Crippen molar-refractivity contribution in [1.82, 2.24) is 5.32 Å². The van der Waals surface area contributed by atoms with Crippen molar-refractivity contribution in [2.75, 3.05) is 0 Å². The molecular weight excluding hydrogens is 260 g/mol. The summed E-state index contributed by atoms with van der Waals surface area (Å²) >= 11 is 0. The van der Waals surface area contributed by atoms with Crippen molar-refractivity contribution in [1.29, 1.82) is 0 Å². The van der Waals surface area contributed by atoms with Crippen LogP contribution in [0.3, 0.4) is 0 Å². The number of nitrogens with two attached hydrogens (primary N) is 1. The van der Waals surface area contributed by atoms with Gasteiger partial charge in [0.25, 0.3) is 0 Å². The molecule has 0 aromatic heterocycles. The third kappa shape index (κ3) is 4.51. The van der Waals surface area contributed by atoms with Gasteiger partial charge in [-0.3, -0.25) is 4.79 Å². The first-order valence-corrected chi connectivity index (χ1v) is 6.68. The number of nitrogens with one attached hydrogen (secondary N) is 1. The molecule has 1 aromatic rings. The lowest BCUT2D eigenvalue weighted by Gasteiger charge is -2.21. The van der Waals surface area contributed by atoms with E-state index in [1.165, 1.54) is 24.0 Å². The normalized spacial score (nSPS) is 17.2. The van der Waals surface area contributed by atoms with Gasteiger partial charge in [-0.2, -0.15) is 0 Å². The molecule has 2 unspecified atom stereocenters. The highest BCUT2D eigenvalue weighted by atomic mass is 35.5. The maximum atomic E-state index is 11.9. The molecule has 3 nitrogen and oxygen atoms in total. The monoisotopic (exact) mass is 282 g/mol. The lowest BCUT2D eigenvalue weighted by atomic mass is 9.97. The van der Waals surface area contributed by atoms with E-state index < -0.39 is 0 Å². The molecule has 3 N–H and O–H groups in total. The van der Waals surface area contributed by atoms with Crippen LogP contribution in [0.2, 0.25) is 0 Å². The third-order valence-electron chi connectivity index (χ3n) is 3.44. The standard InChI is InChI=1S/C15H22N2O.ClH/c1-10-5-3-4-6-13(10)15(12-7-8-12)17-14(18)9-11(2)16;/h3-6,11-12,15H,7-9,16H2,1-2H3,(H,17,18);1H. The molecule has 0 aliphatic heterocycles. The molecular formula is C15H23ClN2O. The molecule has 4 heteroatoms. The molecule has 1 aliphatic carbocycles. The number of benzene rings is 1. The van der Waals surface area contributed by atoms with Crippen LogP contribution in [0.4, 0.5) is 0 Å². The Morgan fingerprint density at radius 3 is 2.58 bits per heavy atom. The van der Waals surface area contributed by atoms with E-state index >= 15 is 0 Å². The zero-order chi connectivity index (χ0) is 13.1. The minimum absolute atomic E-state index is 0. The molecule has 1 saturated carbocycles. The fourth-order valence-corrected chi connectivity index (χ4v) is 2.34. The van der Waals surface area contributed by atoms with E-state index in [2.05, 4.69) is 24.4 Å². The number of hydrogen-bond acceptors (Lipinski definition) is 2. The summed E-state index contributed by atoms with van der Waals surface area (Å²) in [5.41, 5.74) is 8.16. The summed E-state index contributed by atoms with van der Waals surface area (Å²) in [4.78, 5) is 11.9. The molecule has 1 amide bonds. The van der Waals surface area contributed by atoms with Crippen LogP contribution in [0.1, 0.15) is 43.4 Å². The van der Waals surface area contributed by atoms with Gasteiger partial charge in [-0.15, -0.1) is 12.4 Å². The predicted molar refractivity (Wildman–Crippen MR) is 80.3 cm³/mol. The Kier molecular flexibility index (Phi) is 5.83. The number of amides is 1. The fourth-order valence-electron chi connectivity index (χ4n) is 2.34. The quantitative estimate of drug-likeness (QED) is 0.872. The van der Waals surface area contributed by atoms with Crippen molar-refractivity contribution in [2.24, 2.45) is 11.7 Å². The minimum Gasteiger partial charge on any atom is -0.349 e. The average Bonchev–Trinajstić information content (AvgIpc) is 3.10. The number of carbonyl (C=O) groups excluding carboxylic acids is 1. The van der Waals surface area contributed by atoms with Crippen LogP contribution in [-0.2, 0) is 4.79 Å². The van der Waals surface area contributed by atoms with Crippen LogP contribution >= 0.6 is 12.4 Å². The summed E-state index contributed by atoms with van der Waals surface area (Å²) in [6.07, 6.45) is 2.81. The molecule has 1 aliphatic rings. The lowest BCUT2D eigenvalue weighted by Crippen LogP contribution is -2.34.